The first kappa shape index (κ1) is 29.9. The van der Waals surface area contributed by atoms with Gasteiger partial charge in [-0.2, -0.15) is 0 Å². The van der Waals surface area contributed by atoms with Crippen molar-refractivity contribution in [2.75, 3.05) is 23.7 Å². The summed E-state index contributed by atoms with van der Waals surface area (Å²) in [6.07, 6.45) is 2.16. The number of carbonyl (C=O) groups is 2. The standard InChI is InChI=1S/C31H39N3O4S/c1-6-18-32-31(36)29(20-26-13-8-7-9-14-26)33(21-27-15-11-10-12-24(27)3)30(35)22-34(39(5,37)38)28-19-23(2)16-17-25(28)4/h7-17,19,29H,6,18,20-22H2,1-5H3,(H,32,36)/t29-/m1/s1. The van der Waals surface area contributed by atoms with Gasteiger partial charge < -0.3 is 10.2 Å². The molecule has 1 N–H and O–H groups in total. The van der Waals surface area contributed by atoms with E-state index in [0.717, 1.165) is 44.8 Å². The molecule has 2 amide bonds. The lowest BCUT2D eigenvalue weighted by molar-refractivity contribution is -0.140. The molecule has 3 aromatic rings. The molecule has 1 atom stereocenters. The van der Waals surface area contributed by atoms with E-state index in [2.05, 4.69) is 5.32 Å². The molecule has 39 heavy (non-hydrogen) atoms. The molecular weight excluding hydrogens is 510 g/mol. The minimum Gasteiger partial charge on any atom is -0.354 e. The minimum absolute atomic E-state index is 0.174. The quantitative estimate of drug-likeness (QED) is 0.359. The predicted octanol–water partition coefficient (Wildman–Crippen LogP) is 4.54. The number of hydrogen-bond donors (Lipinski definition) is 1. The second kappa shape index (κ2) is 13.4. The number of sulfonamides is 1. The molecule has 0 aliphatic carbocycles. The lowest BCUT2D eigenvalue weighted by atomic mass is 10.0. The molecular formula is C31H39N3O4S. The number of benzene rings is 3. The van der Waals surface area contributed by atoms with Crippen LogP contribution in [0.25, 0.3) is 0 Å². The molecule has 0 radical (unpaired) electrons. The van der Waals surface area contributed by atoms with E-state index < -0.39 is 28.5 Å². The molecule has 0 aromatic heterocycles. The average Bonchev–Trinajstić information content (AvgIpc) is 2.90. The van der Waals surface area contributed by atoms with Gasteiger partial charge in [-0.15, -0.1) is 0 Å². The fourth-order valence-electron chi connectivity index (χ4n) is 4.47. The lowest BCUT2D eigenvalue weighted by Crippen LogP contribution is -2.53. The summed E-state index contributed by atoms with van der Waals surface area (Å²) in [4.78, 5) is 29.2. The SMILES string of the molecule is CCCNC(=O)[C@@H](Cc1ccccc1)N(Cc1ccccc1C)C(=O)CN(c1cc(C)ccc1C)S(C)(=O)=O. The molecule has 3 aromatic carbocycles. The number of anilines is 1. The van der Waals surface area contributed by atoms with Crippen LogP contribution in [0.2, 0.25) is 0 Å². The number of nitrogens with one attached hydrogen (secondary N) is 1. The highest BCUT2D eigenvalue weighted by atomic mass is 32.2. The normalized spacial score (nSPS) is 12.0. The maximum Gasteiger partial charge on any atom is 0.244 e. The van der Waals surface area contributed by atoms with Crippen molar-refractivity contribution < 1.29 is 18.0 Å². The second-order valence-corrected chi connectivity index (χ2v) is 11.9. The number of hydrogen-bond acceptors (Lipinski definition) is 4. The third-order valence-corrected chi connectivity index (χ3v) is 7.86. The first-order chi connectivity index (χ1) is 18.5. The van der Waals surface area contributed by atoms with Crippen LogP contribution in [0.5, 0.6) is 0 Å². The number of rotatable bonds is 12. The summed E-state index contributed by atoms with van der Waals surface area (Å²) in [6, 6.07) is 21.9. The van der Waals surface area contributed by atoms with E-state index in [1.54, 1.807) is 6.07 Å². The average molecular weight is 550 g/mol. The Morgan fingerprint density at radius 3 is 2.21 bits per heavy atom. The van der Waals surface area contributed by atoms with Crippen LogP contribution in [0.15, 0.2) is 72.8 Å². The van der Waals surface area contributed by atoms with Gasteiger partial charge in [-0.05, 0) is 61.1 Å². The van der Waals surface area contributed by atoms with E-state index in [0.29, 0.717) is 18.7 Å². The Bertz CT molecular complexity index is 1390. The molecule has 8 heteroatoms. The fraction of sp³-hybridized carbons (Fsp3) is 0.355. The lowest BCUT2D eigenvalue weighted by Gasteiger charge is -2.34. The highest BCUT2D eigenvalue weighted by molar-refractivity contribution is 7.92. The number of aryl methyl sites for hydroxylation is 3. The molecule has 0 fully saturated rings. The van der Waals surface area contributed by atoms with Crippen molar-refractivity contribution in [1.82, 2.24) is 10.2 Å². The molecule has 0 spiro atoms. The predicted molar refractivity (Wildman–Crippen MR) is 157 cm³/mol. The molecule has 0 unspecified atom stereocenters. The molecule has 0 aliphatic heterocycles. The van der Waals surface area contributed by atoms with Gasteiger partial charge >= 0.3 is 0 Å². The van der Waals surface area contributed by atoms with Gasteiger partial charge in [0.15, 0.2) is 0 Å². The van der Waals surface area contributed by atoms with Gasteiger partial charge in [-0.1, -0.05) is 73.7 Å². The first-order valence-electron chi connectivity index (χ1n) is 13.2. The summed E-state index contributed by atoms with van der Waals surface area (Å²) < 4.78 is 27.1. The first-order valence-corrected chi connectivity index (χ1v) is 15.1. The molecule has 0 bridgehead atoms. The van der Waals surface area contributed by atoms with Crippen molar-refractivity contribution >= 4 is 27.5 Å². The summed E-state index contributed by atoms with van der Waals surface area (Å²) in [6.45, 7) is 7.86. The molecule has 3 rings (SSSR count). The minimum atomic E-state index is -3.80. The smallest absolute Gasteiger partial charge is 0.244 e. The zero-order chi connectivity index (χ0) is 28.6. The van der Waals surface area contributed by atoms with Gasteiger partial charge in [0.1, 0.15) is 12.6 Å². The molecule has 0 heterocycles. The monoisotopic (exact) mass is 549 g/mol. The summed E-state index contributed by atoms with van der Waals surface area (Å²) in [5.74, 6) is -0.711. The summed E-state index contributed by atoms with van der Waals surface area (Å²) in [7, 11) is -3.80. The van der Waals surface area contributed by atoms with Gasteiger partial charge in [0.25, 0.3) is 0 Å². The summed E-state index contributed by atoms with van der Waals surface area (Å²) in [5, 5.41) is 2.96. The number of carbonyl (C=O) groups excluding carboxylic acids is 2. The van der Waals surface area contributed by atoms with Crippen LogP contribution in [0.3, 0.4) is 0 Å². The third-order valence-electron chi connectivity index (χ3n) is 6.73. The van der Waals surface area contributed by atoms with Crippen LogP contribution in [0.1, 0.15) is 41.2 Å². The van der Waals surface area contributed by atoms with Crippen LogP contribution in [0, 0.1) is 20.8 Å². The maximum atomic E-state index is 14.1. The van der Waals surface area contributed by atoms with E-state index >= 15 is 0 Å². The maximum absolute atomic E-state index is 14.1. The van der Waals surface area contributed by atoms with E-state index in [4.69, 9.17) is 0 Å². The van der Waals surface area contributed by atoms with Crippen molar-refractivity contribution in [2.45, 2.75) is 53.1 Å². The highest BCUT2D eigenvalue weighted by Gasteiger charge is 2.33. The zero-order valence-electron chi connectivity index (χ0n) is 23.5. The number of amides is 2. The van der Waals surface area contributed by atoms with E-state index in [1.165, 1.54) is 4.90 Å². The van der Waals surface area contributed by atoms with Gasteiger partial charge in [-0.3, -0.25) is 13.9 Å². The van der Waals surface area contributed by atoms with Crippen molar-refractivity contribution in [3.05, 3.63) is 101 Å². The highest BCUT2D eigenvalue weighted by Crippen LogP contribution is 2.25. The van der Waals surface area contributed by atoms with Crippen LogP contribution < -0.4 is 9.62 Å². The number of nitrogens with zero attached hydrogens (tertiary/aromatic N) is 2. The van der Waals surface area contributed by atoms with Gasteiger partial charge in [0.2, 0.25) is 21.8 Å². The van der Waals surface area contributed by atoms with Crippen LogP contribution in [0.4, 0.5) is 5.69 Å². The van der Waals surface area contributed by atoms with Gasteiger partial charge in [-0.25, -0.2) is 8.42 Å². The Morgan fingerprint density at radius 2 is 1.56 bits per heavy atom. The molecule has 0 saturated heterocycles. The van der Waals surface area contributed by atoms with Crippen LogP contribution >= 0.6 is 0 Å². The molecule has 0 aliphatic rings. The van der Waals surface area contributed by atoms with E-state index in [1.807, 2.05) is 94.4 Å². The second-order valence-electron chi connectivity index (χ2n) is 10.0. The fourth-order valence-corrected chi connectivity index (χ4v) is 5.37. The summed E-state index contributed by atoms with van der Waals surface area (Å²) in [5.41, 5.74) is 4.87. The van der Waals surface area contributed by atoms with Crippen molar-refractivity contribution in [3.8, 4) is 0 Å². The molecule has 0 saturated carbocycles. The zero-order valence-corrected chi connectivity index (χ0v) is 24.3. The van der Waals surface area contributed by atoms with Crippen molar-refractivity contribution in [2.24, 2.45) is 0 Å². The van der Waals surface area contributed by atoms with E-state index in [-0.39, 0.29) is 12.5 Å². The Labute approximate surface area is 232 Å². The third kappa shape index (κ3) is 8.17. The van der Waals surface area contributed by atoms with Crippen LogP contribution in [-0.4, -0.2) is 50.5 Å². The Morgan fingerprint density at radius 1 is 0.897 bits per heavy atom. The van der Waals surface area contributed by atoms with Gasteiger partial charge in [0, 0.05) is 19.5 Å². The topological polar surface area (TPSA) is 86.8 Å². The van der Waals surface area contributed by atoms with Crippen LogP contribution in [-0.2, 0) is 32.6 Å². The molecule has 208 valence electrons. The molecule has 7 nitrogen and oxygen atoms in total. The van der Waals surface area contributed by atoms with Crippen molar-refractivity contribution in [3.63, 3.8) is 0 Å². The Kier molecular flexibility index (Phi) is 10.3. The Hall–Kier alpha value is -3.65. The van der Waals surface area contributed by atoms with Crippen molar-refractivity contribution in [1.29, 1.82) is 0 Å². The van der Waals surface area contributed by atoms with E-state index in [9.17, 15) is 18.0 Å². The largest absolute Gasteiger partial charge is 0.354 e. The van der Waals surface area contributed by atoms with Gasteiger partial charge in [0.05, 0.1) is 11.9 Å². The summed E-state index contributed by atoms with van der Waals surface area (Å²) >= 11 is 0. The Balaban J connectivity index is 2.08.